The molecule has 0 unspecified atom stereocenters. The molecule has 0 amide bonds. The largest absolute Gasteiger partial charge is 0.480 e. The molecule has 0 saturated heterocycles. The fourth-order valence-electron chi connectivity index (χ4n) is 1.04. The summed E-state index contributed by atoms with van der Waals surface area (Å²) in [5.74, 6) is 0.127. The van der Waals surface area contributed by atoms with E-state index in [9.17, 15) is 0 Å². The van der Waals surface area contributed by atoms with Crippen molar-refractivity contribution in [2.45, 2.75) is 3.79 Å². The monoisotopic (exact) mass is 319 g/mol. The Bertz CT molecular complexity index is 427. The summed E-state index contributed by atoms with van der Waals surface area (Å²) in [5.41, 5.74) is 0.465. The van der Waals surface area contributed by atoms with Crippen LogP contribution >= 0.6 is 58.0 Å². The molecule has 0 aromatic carbocycles. The molecule has 1 heterocycles. The number of hydrogen-bond acceptors (Lipinski definition) is 2. The Kier molecular flexibility index (Phi) is 4.61. The van der Waals surface area contributed by atoms with Crippen molar-refractivity contribution in [3.8, 4) is 5.88 Å². The predicted molar refractivity (Wildman–Crippen MR) is 70.1 cm³/mol. The summed E-state index contributed by atoms with van der Waals surface area (Å²) in [5, 5.41) is 0.362. The van der Waals surface area contributed by atoms with Gasteiger partial charge < -0.3 is 4.74 Å². The van der Waals surface area contributed by atoms with Crippen molar-refractivity contribution in [1.29, 1.82) is 0 Å². The van der Waals surface area contributed by atoms with Gasteiger partial charge in [-0.25, -0.2) is 4.98 Å². The number of nitrogens with zero attached hydrogens (tertiary/aromatic N) is 1. The summed E-state index contributed by atoms with van der Waals surface area (Å²) in [7, 11) is 1.40. The van der Waals surface area contributed by atoms with E-state index in [0.29, 0.717) is 5.56 Å². The van der Waals surface area contributed by atoms with Gasteiger partial charge >= 0.3 is 0 Å². The molecule has 1 aromatic heterocycles. The first kappa shape index (κ1) is 14.2. The van der Waals surface area contributed by atoms with Crippen molar-refractivity contribution in [3.05, 3.63) is 27.9 Å². The molecule has 0 aliphatic carbocycles. The highest BCUT2D eigenvalue weighted by atomic mass is 35.6. The molecule has 1 rings (SSSR count). The van der Waals surface area contributed by atoms with Crippen LogP contribution in [-0.2, 0) is 3.79 Å². The Balaban J connectivity index is 3.59. The Hall–Kier alpha value is 0.140. The average Bonchev–Trinajstić information content (AvgIpc) is 2.17. The number of alkyl halides is 3. The molecule has 0 aliphatic heterocycles. The second kappa shape index (κ2) is 5.19. The fraction of sp³-hybridized carbons (Fsp3) is 0.222. The van der Waals surface area contributed by atoms with Gasteiger partial charge in [-0.05, 0) is 0 Å². The minimum Gasteiger partial charge on any atom is -0.480 e. The molecule has 0 fully saturated rings. The maximum absolute atomic E-state index is 6.00. The lowest BCUT2D eigenvalue weighted by Crippen LogP contribution is -2.08. The number of aromatic nitrogens is 1. The molecular formula is C9H6Cl5NO. The number of hydrogen-bond donors (Lipinski definition) is 0. The van der Waals surface area contributed by atoms with Gasteiger partial charge in [-0.3, -0.25) is 0 Å². The van der Waals surface area contributed by atoms with Crippen LogP contribution in [0.25, 0.3) is 6.08 Å². The van der Waals surface area contributed by atoms with E-state index in [4.69, 9.17) is 62.7 Å². The first-order valence-corrected chi connectivity index (χ1v) is 5.84. The minimum absolute atomic E-state index is 0.0512. The molecule has 2 nitrogen and oxygen atoms in total. The van der Waals surface area contributed by atoms with E-state index in [2.05, 4.69) is 11.6 Å². The second-order valence-electron chi connectivity index (χ2n) is 2.71. The third-order valence-corrected chi connectivity index (χ3v) is 3.03. The molecule has 16 heavy (non-hydrogen) atoms. The third-order valence-electron chi connectivity index (χ3n) is 1.75. The fourth-order valence-corrected chi connectivity index (χ4v) is 2.29. The predicted octanol–water partition coefficient (Wildman–Crippen LogP) is 4.87. The summed E-state index contributed by atoms with van der Waals surface area (Å²) >= 11 is 29.1. The topological polar surface area (TPSA) is 22.1 Å². The quantitative estimate of drug-likeness (QED) is 0.725. The molecule has 7 heteroatoms. The molecule has 0 spiro atoms. The number of ether oxygens (including phenoxy) is 1. The van der Waals surface area contributed by atoms with E-state index in [0.717, 1.165) is 0 Å². The molecule has 0 atom stereocenters. The van der Waals surface area contributed by atoms with Crippen molar-refractivity contribution < 1.29 is 4.74 Å². The first-order chi connectivity index (χ1) is 7.32. The Morgan fingerprint density at radius 1 is 1.25 bits per heavy atom. The maximum Gasteiger partial charge on any atom is 0.234 e. The zero-order chi connectivity index (χ0) is 12.5. The highest BCUT2D eigenvalue weighted by Crippen LogP contribution is 2.45. The van der Waals surface area contributed by atoms with Crippen LogP contribution in [0, 0.1) is 0 Å². The average molecular weight is 321 g/mol. The molecule has 0 aliphatic rings. The molecule has 0 N–H and O–H groups in total. The molecule has 0 radical (unpaired) electrons. The van der Waals surface area contributed by atoms with Gasteiger partial charge in [0.2, 0.25) is 9.67 Å². The van der Waals surface area contributed by atoms with Crippen LogP contribution in [0.1, 0.15) is 11.3 Å². The summed E-state index contributed by atoms with van der Waals surface area (Å²) < 4.78 is 3.20. The van der Waals surface area contributed by atoms with Crippen LogP contribution < -0.4 is 4.74 Å². The number of rotatable bonds is 2. The summed E-state index contributed by atoms with van der Waals surface area (Å²) in [6, 6.07) is 0. The van der Waals surface area contributed by atoms with Gasteiger partial charge in [-0.1, -0.05) is 70.7 Å². The van der Waals surface area contributed by atoms with Crippen LogP contribution in [0.2, 0.25) is 10.0 Å². The van der Waals surface area contributed by atoms with E-state index in [1.54, 1.807) is 0 Å². The number of halogens is 5. The van der Waals surface area contributed by atoms with Crippen LogP contribution in [0.3, 0.4) is 0 Å². The van der Waals surface area contributed by atoms with Gasteiger partial charge in [0, 0.05) is 5.56 Å². The van der Waals surface area contributed by atoms with Crippen molar-refractivity contribution in [2.24, 2.45) is 0 Å². The lowest BCUT2D eigenvalue weighted by atomic mass is 10.2. The van der Waals surface area contributed by atoms with E-state index >= 15 is 0 Å². The van der Waals surface area contributed by atoms with Crippen LogP contribution in [0.5, 0.6) is 5.88 Å². The van der Waals surface area contributed by atoms with E-state index < -0.39 is 3.79 Å². The Labute approximate surface area is 118 Å². The van der Waals surface area contributed by atoms with Crippen LogP contribution in [-0.4, -0.2) is 12.1 Å². The number of pyridine rings is 1. The van der Waals surface area contributed by atoms with Crippen molar-refractivity contribution in [1.82, 2.24) is 4.98 Å². The van der Waals surface area contributed by atoms with E-state index in [1.165, 1.54) is 13.2 Å². The summed E-state index contributed by atoms with van der Waals surface area (Å²) in [6.07, 6.45) is 1.44. The zero-order valence-electron chi connectivity index (χ0n) is 8.03. The molecule has 88 valence electrons. The van der Waals surface area contributed by atoms with E-state index in [-0.39, 0.29) is 21.6 Å². The maximum atomic E-state index is 6.00. The SMILES string of the molecule is C=Cc1c(Cl)c(OC)nc(C(Cl)(Cl)Cl)c1Cl. The van der Waals surface area contributed by atoms with Gasteiger partial charge in [0.25, 0.3) is 0 Å². The number of methoxy groups -OCH3 is 1. The smallest absolute Gasteiger partial charge is 0.234 e. The molecule has 1 aromatic rings. The van der Waals surface area contributed by atoms with Gasteiger partial charge in [0.15, 0.2) is 0 Å². The Morgan fingerprint density at radius 3 is 2.19 bits per heavy atom. The lowest BCUT2D eigenvalue weighted by Gasteiger charge is -2.16. The highest BCUT2D eigenvalue weighted by molar-refractivity contribution is 6.67. The molecule has 0 saturated carbocycles. The summed E-state index contributed by atoms with van der Waals surface area (Å²) in [6.45, 7) is 3.57. The van der Waals surface area contributed by atoms with Crippen molar-refractivity contribution in [3.63, 3.8) is 0 Å². The Morgan fingerprint density at radius 2 is 1.81 bits per heavy atom. The highest BCUT2D eigenvalue weighted by Gasteiger charge is 2.31. The van der Waals surface area contributed by atoms with Crippen LogP contribution in [0.15, 0.2) is 6.58 Å². The van der Waals surface area contributed by atoms with Crippen molar-refractivity contribution in [2.75, 3.05) is 7.11 Å². The van der Waals surface area contributed by atoms with Crippen molar-refractivity contribution >= 4 is 64.1 Å². The molecule has 0 bridgehead atoms. The van der Waals surface area contributed by atoms with Gasteiger partial charge in [0.05, 0.1) is 12.1 Å². The normalized spacial score (nSPS) is 11.4. The second-order valence-corrected chi connectivity index (χ2v) is 5.75. The standard InChI is InChI=1S/C9H6Cl5NO/c1-3-4-5(10)7(9(12,13)14)15-8(16-2)6(4)11/h3H,1H2,2H3. The zero-order valence-corrected chi connectivity index (χ0v) is 11.8. The van der Waals surface area contributed by atoms with Gasteiger partial charge in [-0.2, -0.15) is 0 Å². The third kappa shape index (κ3) is 2.69. The first-order valence-electron chi connectivity index (χ1n) is 3.95. The minimum atomic E-state index is -1.76. The molecular weight excluding hydrogens is 315 g/mol. The van der Waals surface area contributed by atoms with Crippen LogP contribution in [0.4, 0.5) is 0 Å². The van der Waals surface area contributed by atoms with Gasteiger partial charge in [-0.15, -0.1) is 0 Å². The summed E-state index contributed by atoms with van der Waals surface area (Å²) in [4.78, 5) is 3.94. The van der Waals surface area contributed by atoms with Gasteiger partial charge in [0.1, 0.15) is 10.7 Å². The lowest BCUT2D eigenvalue weighted by molar-refractivity contribution is 0.396. The van der Waals surface area contributed by atoms with E-state index in [1.807, 2.05) is 0 Å².